The average Bonchev–Trinajstić information content (AvgIpc) is 2.63. The molecule has 3 aromatic rings. The van der Waals surface area contributed by atoms with Gasteiger partial charge in [-0.25, -0.2) is 4.98 Å². The maximum Gasteiger partial charge on any atom is 0.326 e. The predicted molar refractivity (Wildman–Crippen MR) is 97.0 cm³/mol. The van der Waals surface area contributed by atoms with Crippen molar-refractivity contribution in [1.29, 1.82) is 0 Å². The van der Waals surface area contributed by atoms with Crippen LogP contribution in [0.15, 0.2) is 59.7 Å². The molecule has 26 heavy (non-hydrogen) atoms. The number of hydrogen-bond acceptors (Lipinski definition) is 5. The summed E-state index contributed by atoms with van der Waals surface area (Å²) in [5.41, 5.74) is 0.687. The van der Waals surface area contributed by atoms with Gasteiger partial charge in [-0.1, -0.05) is 29.8 Å². The number of amides is 1. The number of ether oxygens (including phenoxy) is 1. The van der Waals surface area contributed by atoms with Gasteiger partial charge in [0.1, 0.15) is 6.54 Å². The van der Waals surface area contributed by atoms with Gasteiger partial charge >= 0.3 is 5.97 Å². The molecule has 132 valence electrons. The maximum atomic E-state index is 12.3. The van der Waals surface area contributed by atoms with Gasteiger partial charge in [0.15, 0.2) is 6.61 Å². The molecular formula is C18H14ClN3O4. The van der Waals surface area contributed by atoms with Crippen molar-refractivity contribution in [2.45, 2.75) is 6.54 Å². The van der Waals surface area contributed by atoms with Crippen LogP contribution in [0.5, 0.6) is 0 Å². The Morgan fingerprint density at radius 1 is 1.15 bits per heavy atom. The monoisotopic (exact) mass is 371 g/mol. The maximum absolute atomic E-state index is 12.3. The summed E-state index contributed by atoms with van der Waals surface area (Å²) in [6.45, 7) is -0.803. The molecule has 2 aromatic carbocycles. The number of nitrogens with zero attached hydrogens (tertiary/aromatic N) is 2. The third-order valence-corrected chi connectivity index (χ3v) is 3.74. The molecule has 0 bridgehead atoms. The van der Waals surface area contributed by atoms with E-state index < -0.39 is 18.5 Å². The highest BCUT2D eigenvalue weighted by molar-refractivity contribution is 6.30. The fourth-order valence-electron chi connectivity index (χ4n) is 2.31. The van der Waals surface area contributed by atoms with Crippen molar-refractivity contribution in [2.24, 2.45) is 0 Å². The van der Waals surface area contributed by atoms with Crippen LogP contribution in [0.2, 0.25) is 5.02 Å². The molecule has 1 heterocycles. The second-order valence-electron chi connectivity index (χ2n) is 5.41. The van der Waals surface area contributed by atoms with Crippen molar-refractivity contribution < 1.29 is 14.3 Å². The minimum atomic E-state index is -0.717. The van der Waals surface area contributed by atoms with Crippen LogP contribution in [0.25, 0.3) is 10.9 Å². The largest absolute Gasteiger partial charge is 0.454 e. The molecule has 7 nitrogen and oxygen atoms in total. The molecule has 0 saturated heterocycles. The first-order chi connectivity index (χ1) is 12.5. The number of benzene rings is 2. The molecule has 0 aliphatic heterocycles. The van der Waals surface area contributed by atoms with Crippen molar-refractivity contribution in [2.75, 3.05) is 11.9 Å². The standard InChI is InChI=1S/C18H14ClN3O4/c19-12-4-3-5-13(8-12)21-16(23)10-26-17(24)9-22-11-20-15-7-2-1-6-14(15)18(22)25/h1-8,11H,9-10H2,(H,21,23). The number of nitrogens with one attached hydrogen (secondary N) is 1. The molecular weight excluding hydrogens is 358 g/mol. The molecule has 1 amide bonds. The average molecular weight is 372 g/mol. The Bertz CT molecular complexity index is 1030. The van der Waals surface area contributed by atoms with Crippen molar-refractivity contribution in [3.05, 3.63) is 70.2 Å². The molecule has 0 fully saturated rings. The predicted octanol–water partition coefficient (Wildman–Crippen LogP) is 2.23. The first-order valence-electron chi connectivity index (χ1n) is 7.68. The van der Waals surface area contributed by atoms with E-state index in [0.29, 0.717) is 21.6 Å². The summed E-state index contributed by atoms with van der Waals surface area (Å²) in [6, 6.07) is 13.4. The van der Waals surface area contributed by atoms with Gasteiger partial charge in [-0.15, -0.1) is 0 Å². The van der Waals surface area contributed by atoms with Gasteiger partial charge in [0.05, 0.1) is 17.2 Å². The van der Waals surface area contributed by atoms with E-state index in [9.17, 15) is 14.4 Å². The van der Waals surface area contributed by atoms with Crippen molar-refractivity contribution >= 4 is 40.1 Å². The van der Waals surface area contributed by atoms with Gasteiger partial charge in [-0.05, 0) is 30.3 Å². The number of rotatable bonds is 5. The molecule has 0 aliphatic carbocycles. The summed E-state index contributed by atoms with van der Waals surface area (Å²) in [5, 5.41) is 3.44. The number of para-hydroxylation sites is 1. The molecule has 0 spiro atoms. The zero-order chi connectivity index (χ0) is 18.5. The Labute approximate surface area is 153 Å². The molecule has 0 radical (unpaired) electrons. The van der Waals surface area contributed by atoms with Crippen LogP contribution >= 0.6 is 11.6 Å². The Kier molecular flexibility index (Phi) is 5.28. The van der Waals surface area contributed by atoms with Gasteiger partial charge < -0.3 is 10.1 Å². The second kappa shape index (κ2) is 7.79. The van der Waals surface area contributed by atoms with Gasteiger partial charge in [0.25, 0.3) is 11.5 Å². The van der Waals surface area contributed by atoms with Crippen LogP contribution in [0, 0.1) is 0 Å². The number of halogens is 1. The molecule has 1 N–H and O–H groups in total. The van der Waals surface area contributed by atoms with Crippen LogP contribution < -0.4 is 10.9 Å². The lowest BCUT2D eigenvalue weighted by molar-refractivity contribution is -0.147. The molecule has 1 aromatic heterocycles. The first kappa shape index (κ1) is 17.6. The van der Waals surface area contributed by atoms with Crippen molar-refractivity contribution in [3.63, 3.8) is 0 Å². The van der Waals surface area contributed by atoms with Crippen molar-refractivity contribution in [1.82, 2.24) is 9.55 Å². The molecule has 0 atom stereocenters. The Morgan fingerprint density at radius 2 is 1.96 bits per heavy atom. The highest BCUT2D eigenvalue weighted by Crippen LogP contribution is 2.14. The van der Waals surface area contributed by atoms with Crippen molar-refractivity contribution in [3.8, 4) is 0 Å². The summed E-state index contributed by atoms with van der Waals surface area (Å²) >= 11 is 5.83. The number of hydrogen-bond donors (Lipinski definition) is 1. The van der Waals surface area contributed by atoms with E-state index in [1.165, 1.54) is 6.33 Å². The SMILES string of the molecule is O=C(COC(=O)Cn1cnc2ccccc2c1=O)Nc1cccc(Cl)c1. The third kappa shape index (κ3) is 4.25. The zero-order valence-electron chi connectivity index (χ0n) is 13.5. The number of aromatic nitrogens is 2. The normalized spacial score (nSPS) is 10.5. The third-order valence-electron chi connectivity index (χ3n) is 3.50. The quantitative estimate of drug-likeness (QED) is 0.694. The Hall–Kier alpha value is -3.19. The topological polar surface area (TPSA) is 90.3 Å². The summed E-state index contributed by atoms with van der Waals surface area (Å²) in [4.78, 5) is 40.1. The minimum Gasteiger partial charge on any atom is -0.454 e. The zero-order valence-corrected chi connectivity index (χ0v) is 14.3. The lowest BCUT2D eigenvalue weighted by Gasteiger charge is -2.08. The summed E-state index contributed by atoms with van der Waals surface area (Å²) in [6.07, 6.45) is 1.28. The highest BCUT2D eigenvalue weighted by Gasteiger charge is 2.11. The first-order valence-corrected chi connectivity index (χ1v) is 8.06. The van der Waals surface area contributed by atoms with Crippen LogP contribution in [-0.2, 0) is 20.9 Å². The van der Waals surface area contributed by atoms with Crippen LogP contribution in [0.4, 0.5) is 5.69 Å². The Balaban J connectivity index is 1.58. The number of anilines is 1. The van der Waals surface area contributed by atoms with E-state index in [2.05, 4.69) is 10.3 Å². The van der Waals surface area contributed by atoms with Gasteiger partial charge in [0.2, 0.25) is 0 Å². The fraction of sp³-hybridized carbons (Fsp3) is 0.111. The highest BCUT2D eigenvalue weighted by atomic mass is 35.5. The Morgan fingerprint density at radius 3 is 2.77 bits per heavy atom. The van der Waals surface area contributed by atoms with Crippen LogP contribution in [0.3, 0.4) is 0 Å². The summed E-state index contributed by atoms with van der Waals surface area (Å²) in [7, 11) is 0. The second-order valence-corrected chi connectivity index (χ2v) is 5.85. The van der Waals surface area contributed by atoms with E-state index in [1.807, 2.05) is 0 Å². The van der Waals surface area contributed by atoms with Gasteiger partial charge in [-0.3, -0.25) is 19.0 Å². The molecule has 0 saturated carbocycles. The number of carbonyl (C=O) groups excluding carboxylic acids is 2. The number of carbonyl (C=O) groups is 2. The number of fused-ring (bicyclic) bond motifs is 1. The van der Waals surface area contributed by atoms with Crippen LogP contribution in [-0.4, -0.2) is 28.0 Å². The van der Waals surface area contributed by atoms with Gasteiger partial charge in [0, 0.05) is 10.7 Å². The van der Waals surface area contributed by atoms with E-state index in [1.54, 1.807) is 48.5 Å². The van der Waals surface area contributed by atoms with E-state index >= 15 is 0 Å². The van der Waals surface area contributed by atoms with E-state index in [-0.39, 0.29) is 12.1 Å². The smallest absolute Gasteiger partial charge is 0.326 e. The van der Waals surface area contributed by atoms with Crippen LogP contribution in [0.1, 0.15) is 0 Å². The van der Waals surface area contributed by atoms with E-state index in [0.717, 1.165) is 4.57 Å². The van der Waals surface area contributed by atoms with E-state index in [4.69, 9.17) is 16.3 Å². The van der Waals surface area contributed by atoms with Gasteiger partial charge in [-0.2, -0.15) is 0 Å². The fourth-order valence-corrected chi connectivity index (χ4v) is 2.50. The molecule has 0 aliphatic rings. The lowest BCUT2D eigenvalue weighted by Crippen LogP contribution is -2.28. The minimum absolute atomic E-state index is 0.332. The molecule has 0 unspecified atom stereocenters. The molecule has 3 rings (SSSR count). The molecule has 8 heteroatoms. The lowest BCUT2D eigenvalue weighted by atomic mass is 10.2. The summed E-state index contributed by atoms with van der Waals surface area (Å²) < 4.78 is 6.04. The number of esters is 1. The summed E-state index contributed by atoms with van der Waals surface area (Å²) in [5.74, 6) is -1.23.